The molecule has 0 saturated carbocycles. The Morgan fingerprint density at radius 1 is 1.03 bits per heavy atom. The van der Waals surface area contributed by atoms with Gasteiger partial charge in [-0.05, 0) is 64.4 Å². The van der Waals surface area contributed by atoms with Crippen LogP contribution in [0, 0.1) is 0 Å². The summed E-state index contributed by atoms with van der Waals surface area (Å²) in [6.07, 6.45) is 1.18. The number of hydrogen-bond acceptors (Lipinski definition) is 7. The molecule has 0 saturated heterocycles. The third-order valence-corrected chi connectivity index (χ3v) is 7.69. The third-order valence-electron chi connectivity index (χ3n) is 6.31. The van der Waals surface area contributed by atoms with Gasteiger partial charge in [0.25, 0.3) is 11.9 Å². The van der Waals surface area contributed by atoms with Crippen LogP contribution in [0.15, 0.2) is 83.8 Å². The van der Waals surface area contributed by atoms with Gasteiger partial charge >= 0.3 is 0 Å². The first-order valence-electron chi connectivity index (χ1n) is 11.9. The fraction of sp³-hybridized carbons (Fsp3) is 0.148. The van der Waals surface area contributed by atoms with Gasteiger partial charge < -0.3 is 0 Å². The molecule has 1 amide bonds. The predicted octanol–water partition coefficient (Wildman–Crippen LogP) is 4.57. The number of nitrogens with one attached hydrogen (secondary N) is 2. The van der Waals surface area contributed by atoms with Gasteiger partial charge in [-0.15, -0.1) is 5.10 Å². The Labute approximate surface area is 230 Å². The second-order valence-electron chi connectivity index (χ2n) is 9.07. The molecule has 0 bridgehead atoms. The zero-order valence-electron chi connectivity index (χ0n) is 21.0. The van der Waals surface area contributed by atoms with Crippen LogP contribution in [0.1, 0.15) is 40.0 Å². The molecular formula is C27H24ClN7O3S. The molecule has 12 heteroatoms. The Balaban J connectivity index is 1.45. The maximum absolute atomic E-state index is 12.5. The monoisotopic (exact) mass is 561 g/mol. The summed E-state index contributed by atoms with van der Waals surface area (Å²) < 4.78 is 25.8. The summed E-state index contributed by atoms with van der Waals surface area (Å²) in [7, 11) is -3.31. The molecule has 5 aromatic rings. The van der Waals surface area contributed by atoms with Crippen LogP contribution in [0.3, 0.4) is 0 Å². The lowest BCUT2D eigenvalue weighted by Gasteiger charge is -2.10. The van der Waals surface area contributed by atoms with Crippen molar-refractivity contribution in [3.05, 3.63) is 106 Å². The predicted molar refractivity (Wildman–Crippen MR) is 147 cm³/mol. The first-order chi connectivity index (χ1) is 18.7. The minimum Gasteiger partial charge on any atom is -0.288 e. The zero-order chi connectivity index (χ0) is 27.6. The largest absolute Gasteiger partial charge is 0.288 e. The molecule has 3 aromatic carbocycles. The van der Waals surface area contributed by atoms with E-state index in [-0.39, 0.29) is 22.7 Å². The van der Waals surface area contributed by atoms with Gasteiger partial charge in [-0.1, -0.05) is 60.0 Å². The van der Waals surface area contributed by atoms with Gasteiger partial charge in [-0.2, -0.15) is 10.3 Å². The molecule has 2 aromatic heterocycles. The quantitative estimate of drug-likeness (QED) is 0.283. The second kappa shape index (κ2) is 10.8. The molecule has 0 aliphatic carbocycles. The van der Waals surface area contributed by atoms with Crippen molar-refractivity contribution in [1.29, 1.82) is 0 Å². The summed E-state index contributed by atoms with van der Waals surface area (Å²) in [6, 6.07) is 23.6. The van der Waals surface area contributed by atoms with Gasteiger partial charge in [0.05, 0.1) is 22.8 Å². The smallest absolute Gasteiger partial charge is 0.270 e. The highest BCUT2D eigenvalue weighted by molar-refractivity contribution is 7.90. The molecule has 39 heavy (non-hydrogen) atoms. The van der Waals surface area contributed by atoms with Crippen molar-refractivity contribution in [2.45, 2.75) is 24.3 Å². The summed E-state index contributed by atoms with van der Waals surface area (Å²) >= 11 is 6.07. The van der Waals surface area contributed by atoms with Gasteiger partial charge in [0.15, 0.2) is 9.84 Å². The number of nitrogens with zero attached hydrogens (tertiary/aromatic N) is 5. The Hall–Kier alpha value is -4.35. The standard InChI is InChI=1S/C27H24ClN7O3S/c1-17(19-7-11-22(28)12-8-19)24-15-25(20-9-13-23(14-10-20)39(2,37)38)35(32-24)16-18-3-5-21(6-4-18)26(36)29-27-30-33-34-31-27/h3-15,17H,16H2,1-2H3,(H2,29,30,31,33,34,36). The SMILES string of the molecule is CC(c1ccc(Cl)cc1)c1cc(-c2ccc(S(C)(=O)=O)cc2)n(Cc2ccc(C(=O)Nc3nn[nH]n3)cc2)n1. The Morgan fingerprint density at radius 3 is 2.33 bits per heavy atom. The van der Waals surface area contributed by atoms with Crippen LogP contribution in [-0.2, 0) is 16.4 Å². The van der Waals surface area contributed by atoms with Crippen molar-refractivity contribution < 1.29 is 13.2 Å². The van der Waals surface area contributed by atoms with Crippen LogP contribution >= 0.6 is 11.6 Å². The maximum Gasteiger partial charge on any atom is 0.270 e. The number of H-pyrrole nitrogens is 1. The molecule has 0 fully saturated rings. The number of sulfone groups is 1. The summed E-state index contributed by atoms with van der Waals surface area (Å²) in [6.45, 7) is 2.51. The lowest BCUT2D eigenvalue weighted by atomic mass is 9.97. The van der Waals surface area contributed by atoms with Crippen molar-refractivity contribution in [3.8, 4) is 11.3 Å². The number of aromatic amines is 1. The molecule has 10 nitrogen and oxygen atoms in total. The van der Waals surface area contributed by atoms with Crippen molar-refractivity contribution in [2.24, 2.45) is 0 Å². The van der Waals surface area contributed by atoms with Crippen LogP contribution in [0.4, 0.5) is 5.95 Å². The average molecular weight is 562 g/mol. The van der Waals surface area contributed by atoms with Gasteiger partial charge in [-0.25, -0.2) is 8.42 Å². The second-order valence-corrected chi connectivity index (χ2v) is 11.5. The Kier molecular flexibility index (Phi) is 7.27. The first-order valence-corrected chi connectivity index (χ1v) is 14.2. The van der Waals surface area contributed by atoms with E-state index in [0.717, 1.165) is 28.1 Å². The number of halogens is 1. The fourth-order valence-corrected chi connectivity index (χ4v) is 4.88. The molecule has 0 aliphatic heterocycles. The number of carbonyl (C=O) groups excluding carboxylic acids is 1. The van der Waals surface area contributed by atoms with Gasteiger partial charge in [0.2, 0.25) is 0 Å². The van der Waals surface area contributed by atoms with Crippen LogP contribution in [0.2, 0.25) is 5.02 Å². The molecule has 1 atom stereocenters. The number of tetrazole rings is 1. The van der Waals surface area contributed by atoms with E-state index in [4.69, 9.17) is 16.7 Å². The van der Waals surface area contributed by atoms with E-state index in [0.29, 0.717) is 17.1 Å². The molecule has 2 N–H and O–H groups in total. The van der Waals surface area contributed by atoms with Crippen LogP contribution < -0.4 is 5.32 Å². The summed E-state index contributed by atoms with van der Waals surface area (Å²) in [5, 5.41) is 21.3. The van der Waals surface area contributed by atoms with Crippen LogP contribution in [0.5, 0.6) is 0 Å². The summed E-state index contributed by atoms with van der Waals surface area (Å²) in [4.78, 5) is 12.7. The third kappa shape index (κ3) is 6.05. The summed E-state index contributed by atoms with van der Waals surface area (Å²) in [5.41, 5.74) is 4.97. The highest BCUT2D eigenvalue weighted by atomic mass is 35.5. The van der Waals surface area contributed by atoms with Crippen molar-refractivity contribution in [1.82, 2.24) is 30.4 Å². The average Bonchev–Trinajstić information content (AvgIpc) is 3.59. The van der Waals surface area contributed by atoms with E-state index in [2.05, 4.69) is 32.9 Å². The molecule has 0 spiro atoms. The molecule has 5 rings (SSSR count). The van der Waals surface area contributed by atoms with E-state index >= 15 is 0 Å². The normalized spacial score (nSPS) is 12.3. The first kappa shape index (κ1) is 26.3. The molecular weight excluding hydrogens is 538 g/mol. The number of amides is 1. The Morgan fingerprint density at radius 2 is 1.72 bits per heavy atom. The van der Waals surface area contributed by atoms with E-state index in [1.165, 1.54) is 6.26 Å². The molecule has 2 heterocycles. The summed E-state index contributed by atoms with van der Waals surface area (Å²) in [5.74, 6) is -0.268. The molecule has 0 radical (unpaired) electrons. The number of anilines is 1. The van der Waals surface area contributed by atoms with E-state index in [1.54, 1.807) is 36.4 Å². The topological polar surface area (TPSA) is 136 Å². The highest BCUT2D eigenvalue weighted by Gasteiger charge is 2.18. The lowest BCUT2D eigenvalue weighted by molar-refractivity contribution is 0.102. The van der Waals surface area contributed by atoms with Gasteiger partial charge in [-0.3, -0.25) is 14.8 Å². The molecule has 1 unspecified atom stereocenters. The minimum absolute atomic E-state index is 0.00577. The van der Waals surface area contributed by atoms with Gasteiger partial charge in [0.1, 0.15) is 0 Å². The lowest BCUT2D eigenvalue weighted by Crippen LogP contribution is -2.13. The molecule has 198 valence electrons. The number of hydrogen-bond donors (Lipinski definition) is 2. The molecule has 0 aliphatic rings. The maximum atomic E-state index is 12.5. The van der Waals surface area contributed by atoms with Crippen molar-refractivity contribution in [3.63, 3.8) is 0 Å². The van der Waals surface area contributed by atoms with Crippen LogP contribution in [-0.4, -0.2) is 51.0 Å². The van der Waals surface area contributed by atoms with E-state index < -0.39 is 9.84 Å². The number of rotatable bonds is 8. The number of benzene rings is 3. The number of carbonyl (C=O) groups is 1. The van der Waals surface area contributed by atoms with Gasteiger partial charge in [0, 0.05) is 22.8 Å². The number of aromatic nitrogens is 6. The van der Waals surface area contributed by atoms with Crippen molar-refractivity contribution in [2.75, 3.05) is 11.6 Å². The van der Waals surface area contributed by atoms with E-state index in [1.807, 2.05) is 47.1 Å². The Bertz CT molecular complexity index is 1700. The highest BCUT2D eigenvalue weighted by Crippen LogP contribution is 2.30. The van der Waals surface area contributed by atoms with E-state index in [9.17, 15) is 13.2 Å². The minimum atomic E-state index is -3.31. The fourth-order valence-electron chi connectivity index (χ4n) is 4.12. The zero-order valence-corrected chi connectivity index (χ0v) is 22.6. The van der Waals surface area contributed by atoms with Crippen LogP contribution in [0.25, 0.3) is 11.3 Å². The van der Waals surface area contributed by atoms with Crippen molar-refractivity contribution >= 4 is 33.3 Å².